The molecule has 6 rings (SSSR count). The lowest BCUT2D eigenvalue weighted by atomic mass is 10.0. The topological polar surface area (TPSA) is 155 Å². The maximum absolute atomic E-state index is 13.1. The summed E-state index contributed by atoms with van der Waals surface area (Å²) in [4.78, 5) is 26.3. The summed E-state index contributed by atoms with van der Waals surface area (Å²) in [6, 6.07) is 14.6. The minimum atomic E-state index is -1.24. The number of aromatic hydroxyl groups is 1. The summed E-state index contributed by atoms with van der Waals surface area (Å²) in [5, 5.41) is 39.4. The van der Waals surface area contributed by atoms with Crippen LogP contribution in [0.1, 0.15) is 22.1 Å². The number of nitrogens with one attached hydrogen (secondary N) is 2. The van der Waals surface area contributed by atoms with Crippen molar-refractivity contribution >= 4 is 56.9 Å². The molecular formula is C28H24Cl2N6O5. The first-order valence-electron chi connectivity index (χ1n) is 12.7. The Hall–Kier alpha value is -4.00. The summed E-state index contributed by atoms with van der Waals surface area (Å²) in [7, 11) is 0. The van der Waals surface area contributed by atoms with Gasteiger partial charge in [0.25, 0.3) is 5.91 Å². The Kier molecular flexibility index (Phi) is 7.37. The van der Waals surface area contributed by atoms with E-state index >= 15 is 0 Å². The summed E-state index contributed by atoms with van der Waals surface area (Å²) in [6.45, 7) is -0.126. The monoisotopic (exact) mass is 594 g/mol. The van der Waals surface area contributed by atoms with E-state index in [0.29, 0.717) is 23.5 Å². The van der Waals surface area contributed by atoms with Gasteiger partial charge >= 0.3 is 0 Å². The van der Waals surface area contributed by atoms with Gasteiger partial charge in [0, 0.05) is 22.2 Å². The third-order valence-corrected chi connectivity index (χ3v) is 7.42. The van der Waals surface area contributed by atoms with Crippen LogP contribution in [0.5, 0.6) is 5.75 Å². The van der Waals surface area contributed by atoms with Gasteiger partial charge in [-0.2, -0.15) is 0 Å². The summed E-state index contributed by atoms with van der Waals surface area (Å²) in [5.41, 5.74) is 1.87. The highest BCUT2D eigenvalue weighted by atomic mass is 35.5. The van der Waals surface area contributed by atoms with Crippen LogP contribution in [0.3, 0.4) is 0 Å². The Labute approximate surface area is 243 Å². The predicted octanol–water partition coefficient (Wildman–Crippen LogP) is 3.65. The Morgan fingerprint density at radius 1 is 1.05 bits per heavy atom. The number of amides is 1. The SMILES string of the molecule is O=C(N[C@@H]1[C@H](O)[C@@H](CO)O[C@H]1n1cnc2c(NCc3cc(O)cc4ccccc34)ncnc21)c1cc(Cl)cc(Cl)c1. The van der Waals surface area contributed by atoms with Crippen molar-refractivity contribution in [3.05, 3.63) is 88.4 Å². The van der Waals surface area contributed by atoms with E-state index in [4.69, 9.17) is 27.9 Å². The zero-order valence-corrected chi connectivity index (χ0v) is 22.8. The van der Waals surface area contributed by atoms with Crippen LogP contribution in [0.4, 0.5) is 5.82 Å². The number of carbonyl (C=O) groups excluding carboxylic acids is 1. The largest absolute Gasteiger partial charge is 0.508 e. The Bertz CT molecular complexity index is 1750. The molecule has 11 nitrogen and oxygen atoms in total. The molecule has 3 aromatic carbocycles. The second-order valence-corrected chi connectivity index (χ2v) is 10.5. The van der Waals surface area contributed by atoms with Gasteiger partial charge in [-0.05, 0) is 46.7 Å². The van der Waals surface area contributed by atoms with E-state index in [-0.39, 0.29) is 21.4 Å². The lowest BCUT2D eigenvalue weighted by molar-refractivity contribution is -0.0440. The maximum Gasteiger partial charge on any atom is 0.251 e. The quantitative estimate of drug-likeness (QED) is 0.190. The van der Waals surface area contributed by atoms with Gasteiger partial charge in [-0.3, -0.25) is 9.36 Å². The molecule has 0 unspecified atom stereocenters. The second-order valence-electron chi connectivity index (χ2n) is 9.62. The van der Waals surface area contributed by atoms with Gasteiger partial charge in [0.1, 0.15) is 30.3 Å². The third-order valence-electron chi connectivity index (χ3n) is 6.98. The van der Waals surface area contributed by atoms with Crippen molar-refractivity contribution in [2.45, 2.75) is 31.0 Å². The number of benzene rings is 3. The number of carbonyl (C=O) groups is 1. The van der Waals surface area contributed by atoms with Crippen LogP contribution in [-0.2, 0) is 11.3 Å². The van der Waals surface area contributed by atoms with Crippen molar-refractivity contribution in [2.24, 2.45) is 0 Å². The number of fused-ring (bicyclic) bond motifs is 2. The normalized spacial score (nSPS) is 20.5. The number of hydrogen-bond acceptors (Lipinski definition) is 9. The molecule has 0 spiro atoms. The molecule has 1 amide bonds. The molecule has 1 fully saturated rings. The van der Waals surface area contributed by atoms with Crippen LogP contribution in [0.25, 0.3) is 21.9 Å². The molecule has 13 heteroatoms. The van der Waals surface area contributed by atoms with Crippen molar-refractivity contribution < 1.29 is 24.9 Å². The fourth-order valence-corrected chi connectivity index (χ4v) is 5.60. The molecule has 0 bridgehead atoms. The number of imidazole rings is 1. The molecule has 5 aromatic rings. The molecular weight excluding hydrogens is 571 g/mol. The Balaban J connectivity index is 1.29. The number of hydrogen-bond donors (Lipinski definition) is 5. The van der Waals surface area contributed by atoms with Crippen molar-refractivity contribution in [3.8, 4) is 5.75 Å². The fourth-order valence-electron chi connectivity index (χ4n) is 5.08. The number of phenolic OH excluding ortho intramolecular Hbond substituents is 1. The molecule has 2 aromatic heterocycles. The van der Waals surface area contributed by atoms with Gasteiger partial charge < -0.3 is 30.7 Å². The van der Waals surface area contributed by atoms with Crippen LogP contribution >= 0.6 is 23.2 Å². The lowest BCUT2D eigenvalue weighted by Crippen LogP contribution is -2.46. The van der Waals surface area contributed by atoms with Crippen molar-refractivity contribution in [1.29, 1.82) is 0 Å². The number of aliphatic hydroxyl groups is 2. The number of anilines is 1. The van der Waals surface area contributed by atoms with Gasteiger partial charge in [-0.1, -0.05) is 47.5 Å². The van der Waals surface area contributed by atoms with Gasteiger partial charge in [0.05, 0.1) is 12.9 Å². The molecule has 5 N–H and O–H groups in total. The van der Waals surface area contributed by atoms with Crippen molar-refractivity contribution in [2.75, 3.05) is 11.9 Å². The lowest BCUT2D eigenvalue weighted by Gasteiger charge is -2.23. The number of rotatable bonds is 7. The molecule has 3 heterocycles. The summed E-state index contributed by atoms with van der Waals surface area (Å²) in [5.74, 6) is 0.0547. The van der Waals surface area contributed by atoms with Crippen LogP contribution in [0, 0.1) is 0 Å². The smallest absolute Gasteiger partial charge is 0.251 e. The highest BCUT2D eigenvalue weighted by Crippen LogP contribution is 2.33. The first-order chi connectivity index (χ1) is 19.8. The molecule has 1 aliphatic rings. The molecule has 41 heavy (non-hydrogen) atoms. The van der Waals surface area contributed by atoms with Crippen LogP contribution in [-0.4, -0.2) is 65.6 Å². The molecule has 4 atom stereocenters. The van der Waals surface area contributed by atoms with Crippen molar-refractivity contribution in [1.82, 2.24) is 24.8 Å². The minimum absolute atomic E-state index is 0.154. The Morgan fingerprint density at radius 2 is 1.83 bits per heavy atom. The molecule has 210 valence electrons. The average Bonchev–Trinajstić information content (AvgIpc) is 3.52. The summed E-state index contributed by atoms with van der Waals surface area (Å²) < 4.78 is 7.52. The Morgan fingerprint density at radius 3 is 2.61 bits per heavy atom. The van der Waals surface area contributed by atoms with Gasteiger partial charge in [-0.25, -0.2) is 15.0 Å². The number of nitrogens with zero attached hydrogens (tertiary/aromatic N) is 4. The molecule has 0 aliphatic carbocycles. The highest BCUT2D eigenvalue weighted by molar-refractivity contribution is 6.35. The van der Waals surface area contributed by atoms with Gasteiger partial charge in [0.15, 0.2) is 23.2 Å². The number of halogens is 2. The first-order valence-corrected chi connectivity index (χ1v) is 13.4. The minimum Gasteiger partial charge on any atom is -0.508 e. The predicted molar refractivity (Wildman–Crippen MR) is 153 cm³/mol. The van der Waals surface area contributed by atoms with Gasteiger partial charge in [-0.15, -0.1) is 0 Å². The van der Waals surface area contributed by atoms with Crippen LogP contribution in [0.15, 0.2) is 67.3 Å². The van der Waals surface area contributed by atoms with Gasteiger partial charge in [0.2, 0.25) is 0 Å². The van der Waals surface area contributed by atoms with Crippen molar-refractivity contribution in [3.63, 3.8) is 0 Å². The fraction of sp³-hybridized carbons (Fsp3) is 0.214. The highest BCUT2D eigenvalue weighted by Gasteiger charge is 2.46. The third kappa shape index (κ3) is 5.25. The van der Waals surface area contributed by atoms with Crippen LogP contribution in [0.2, 0.25) is 10.0 Å². The zero-order chi connectivity index (χ0) is 28.7. The molecule has 1 aliphatic heterocycles. The van der Waals surface area contributed by atoms with E-state index in [1.54, 1.807) is 16.7 Å². The van der Waals surface area contributed by atoms with E-state index in [2.05, 4.69) is 25.6 Å². The molecule has 0 saturated carbocycles. The number of aromatic nitrogens is 4. The number of aliphatic hydroxyl groups excluding tert-OH is 2. The maximum atomic E-state index is 13.1. The van der Waals surface area contributed by atoms with E-state index in [0.717, 1.165) is 16.3 Å². The van der Waals surface area contributed by atoms with E-state index in [9.17, 15) is 20.1 Å². The molecule has 1 saturated heterocycles. The van der Waals surface area contributed by atoms with E-state index < -0.39 is 37.0 Å². The standard InChI is InChI=1S/C28H24Cl2N6O5/c29-17-5-15(6-18(30)9-17)27(40)35-22-24(39)21(11-37)41-28(22)36-13-34-23-25(32-12-33-26(23)36)31-10-16-8-19(38)7-14-3-1-2-4-20(14)16/h1-9,12-13,21-22,24,28,37-39H,10-11H2,(H,35,40)(H,31,32,33)/t21-,22-,24-,28-/m1/s1. The summed E-state index contributed by atoms with van der Waals surface area (Å²) in [6.07, 6.45) is -0.326. The van der Waals surface area contributed by atoms with E-state index in [1.165, 1.54) is 30.9 Å². The first kappa shape index (κ1) is 27.2. The number of ether oxygens (including phenoxy) is 1. The number of phenols is 1. The second kappa shape index (κ2) is 11.1. The zero-order valence-electron chi connectivity index (χ0n) is 21.3. The summed E-state index contributed by atoms with van der Waals surface area (Å²) >= 11 is 12.1. The molecule has 0 radical (unpaired) electrons. The van der Waals surface area contributed by atoms with E-state index in [1.807, 2.05) is 24.3 Å². The van der Waals surface area contributed by atoms with Crippen LogP contribution < -0.4 is 10.6 Å². The average molecular weight is 595 g/mol.